The third-order valence-corrected chi connectivity index (χ3v) is 4.09. The Labute approximate surface area is 125 Å². The van der Waals surface area contributed by atoms with Crippen LogP contribution in [0.2, 0.25) is 0 Å². The van der Waals surface area contributed by atoms with Crippen LogP contribution in [0.15, 0.2) is 53.1 Å². The Hall–Kier alpha value is -1.88. The van der Waals surface area contributed by atoms with Crippen molar-refractivity contribution in [2.45, 2.75) is 18.4 Å². The van der Waals surface area contributed by atoms with Crippen LogP contribution in [-0.4, -0.2) is 5.91 Å². The second-order valence-corrected chi connectivity index (χ2v) is 5.87. The Kier molecular flexibility index (Phi) is 3.22. The molecule has 1 aliphatic carbocycles. The third kappa shape index (κ3) is 2.41. The van der Waals surface area contributed by atoms with E-state index in [0.717, 1.165) is 22.9 Å². The largest absolute Gasteiger partial charge is 0.618 e. The number of aromatic nitrogens is 1. The van der Waals surface area contributed by atoms with E-state index in [1.807, 2.05) is 24.3 Å². The minimum Gasteiger partial charge on any atom is -0.618 e. The van der Waals surface area contributed by atoms with E-state index in [1.54, 1.807) is 12.1 Å². The second kappa shape index (κ2) is 4.90. The number of hydrogen-bond acceptors (Lipinski definition) is 2. The van der Waals surface area contributed by atoms with Crippen LogP contribution in [-0.2, 0) is 5.54 Å². The molecular weight excluding hydrogens is 320 g/mol. The van der Waals surface area contributed by atoms with Crippen molar-refractivity contribution in [1.29, 1.82) is 0 Å². The van der Waals surface area contributed by atoms with Gasteiger partial charge in [-0.15, -0.1) is 0 Å². The van der Waals surface area contributed by atoms with Gasteiger partial charge >= 0.3 is 5.91 Å². The summed E-state index contributed by atoms with van der Waals surface area (Å²) in [6.45, 7) is 0. The Bertz CT molecular complexity index is 651. The molecule has 0 atom stereocenters. The van der Waals surface area contributed by atoms with E-state index in [0.29, 0.717) is 4.73 Å². The highest BCUT2D eigenvalue weighted by Gasteiger charge is 2.46. The summed E-state index contributed by atoms with van der Waals surface area (Å²) >= 11 is 3.40. The van der Waals surface area contributed by atoms with E-state index in [1.165, 1.54) is 12.3 Å². The quantitative estimate of drug-likeness (QED) is 0.693. The summed E-state index contributed by atoms with van der Waals surface area (Å²) in [4.78, 5) is 12.2. The van der Waals surface area contributed by atoms with Crippen molar-refractivity contribution in [2.24, 2.45) is 0 Å². The predicted molar refractivity (Wildman–Crippen MR) is 77.9 cm³/mol. The fraction of sp³-hybridized carbons (Fsp3) is 0.200. The van der Waals surface area contributed by atoms with Gasteiger partial charge < -0.3 is 10.5 Å². The number of rotatable bonds is 3. The van der Waals surface area contributed by atoms with E-state index in [9.17, 15) is 10.0 Å². The highest BCUT2D eigenvalue weighted by atomic mass is 79.9. The molecule has 3 rings (SSSR count). The summed E-state index contributed by atoms with van der Waals surface area (Å²) in [7, 11) is 0. The normalized spacial score (nSPS) is 15.7. The van der Waals surface area contributed by atoms with E-state index in [2.05, 4.69) is 21.2 Å². The lowest BCUT2D eigenvalue weighted by atomic mass is 10.0. The van der Waals surface area contributed by atoms with Gasteiger partial charge in [0.05, 0.1) is 5.54 Å². The molecular formula is C15H13BrN2O2. The molecule has 0 bridgehead atoms. The van der Waals surface area contributed by atoms with Gasteiger partial charge in [0.2, 0.25) is 0 Å². The van der Waals surface area contributed by atoms with Crippen LogP contribution in [0.5, 0.6) is 0 Å². The Morgan fingerprint density at radius 2 is 1.90 bits per heavy atom. The molecule has 20 heavy (non-hydrogen) atoms. The summed E-state index contributed by atoms with van der Waals surface area (Å²) in [5.41, 5.74) is 0.874. The number of carbonyl (C=O) groups is 1. The summed E-state index contributed by atoms with van der Waals surface area (Å²) < 4.78 is 1.59. The molecule has 5 heteroatoms. The van der Waals surface area contributed by atoms with E-state index < -0.39 is 0 Å². The maximum Gasteiger partial charge on any atom is 0.318 e. The number of benzene rings is 1. The van der Waals surface area contributed by atoms with E-state index in [4.69, 9.17) is 0 Å². The van der Waals surface area contributed by atoms with Crippen molar-refractivity contribution in [3.8, 4) is 0 Å². The lowest BCUT2D eigenvalue weighted by Gasteiger charge is -2.17. The van der Waals surface area contributed by atoms with Crippen molar-refractivity contribution < 1.29 is 9.52 Å². The van der Waals surface area contributed by atoms with Crippen LogP contribution >= 0.6 is 15.9 Å². The third-order valence-electron chi connectivity index (χ3n) is 3.56. The number of carbonyl (C=O) groups excluding carboxylic acids is 1. The standard InChI is InChI=1S/C15H13BrN2O2/c16-12-6-4-11(5-7-12)15(8-9-15)17-14(19)13-3-1-2-10-18(13)20/h1-7,10H,8-9H2,(H,17,19). The Balaban J connectivity index is 1.82. The van der Waals surface area contributed by atoms with Crippen LogP contribution in [0.1, 0.15) is 28.9 Å². The van der Waals surface area contributed by atoms with Crippen LogP contribution < -0.4 is 10.0 Å². The molecule has 0 aliphatic heterocycles. The van der Waals surface area contributed by atoms with Gasteiger partial charge in [-0.05, 0) is 36.6 Å². The molecule has 1 amide bonds. The summed E-state index contributed by atoms with van der Waals surface area (Å²) in [5, 5.41) is 14.6. The zero-order valence-electron chi connectivity index (χ0n) is 10.7. The first-order valence-electron chi connectivity index (χ1n) is 6.37. The van der Waals surface area contributed by atoms with Gasteiger partial charge in [-0.3, -0.25) is 4.79 Å². The van der Waals surface area contributed by atoms with Crippen molar-refractivity contribution in [1.82, 2.24) is 5.32 Å². The van der Waals surface area contributed by atoms with E-state index in [-0.39, 0.29) is 17.1 Å². The molecule has 1 aromatic carbocycles. The SMILES string of the molecule is O=C(NC1(c2ccc(Br)cc2)CC1)c1cccc[n+]1[O-]. The fourth-order valence-electron chi connectivity index (χ4n) is 2.27. The van der Waals surface area contributed by atoms with E-state index >= 15 is 0 Å². The molecule has 0 spiro atoms. The molecule has 2 aromatic rings. The highest BCUT2D eigenvalue weighted by Crippen LogP contribution is 2.45. The van der Waals surface area contributed by atoms with Gasteiger partial charge in [-0.2, -0.15) is 4.73 Å². The molecule has 1 aliphatic rings. The number of hydrogen-bond donors (Lipinski definition) is 1. The first-order chi connectivity index (χ1) is 9.61. The average molecular weight is 333 g/mol. The van der Waals surface area contributed by atoms with Gasteiger partial charge in [-0.25, -0.2) is 0 Å². The zero-order valence-corrected chi connectivity index (χ0v) is 12.3. The van der Waals surface area contributed by atoms with Gasteiger partial charge in [-0.1, -0.05) is 28.1 Å². The smallest absolute Gasteiger partial charge is 0.318 e. The number of amides is 1. The maximum absolute atomic E-state index is 12.2. The summed E-state index contributed by atoms with van der Waals surface area (Å²) in [6, 6.07) is 12.7. The van der Waals surface area contributed by atoms with Crippen LogP contribution in [0.4, 0.5) is 0 Å². The monoisotopic (exact) mass is 332 g/mol. The number of nitrogens with zero attached hydrogens (tertiary/aromatic N) is 1. The topological polar surface area (TPSA) is 56.0 Å². The van der Waals surface area contributed by atoms with Gasteiger partial charge in [0.25, 0.3) is 5.69 Å². The molecule has 0 radical (unpaired) electrons. The van der Waals surface area contributed by atoms with Crippen molar-refractivity contribution in [2.75, 3.05) is 0 Å². The maximum atomic E-state index is 12.2. The van der Waals surface area contributed by atoms with Crippen molar-refractivity contribution in [3.05, 3.63) is 69.6 Å². The fourth-order valence-corrected chi connectivity index (χ4v) is 2.53. The Morgan fingerprint density at radius 1 is 1.20 bits per heavy atom. The average Bonchev–Trinajstić information content (AvgIpc) is 3.20. The first-order valence-corrected chi connectivity index (χ1v) is 7.17. The van der Waals surface area contributed by atoms with Gasteiger partial charge in [0, 0.05) is 16.6 Å². The molecule has 0 saturated heterocycles. The highest BCUT2D eigenvalue weighted by molar-refractivity contribution is 9.10. The van der Waals surface area contributed by atoms with Crippen LogP contribution in [0, 0.1) is 5.21 Å². The minimum absolute atomic E-state index is 0.121. The molecule has 1 fully saturated rings. The number of pyridine rings is 1. The molecule has 1 heterocycles. The number of nitrogens with one attached hydrogen (secondary N) is 1. The molecule has 4 nitrogen and oxygen atoms in total. The predicted octanol–water partition coefficient (Wildman–Crippen LogP) is 2.50. The Morgan fingerprint density at radius 3 is 2.50 bits per heavy atom. The lowest BCUT2D eigenvalue weighted by molar-refractivity contribution is -0.607. The minimum atomic E-state index is -0.332. The van der Waals surface area contributed by atoms with Gasteiger partial charge in [0.1, 0.15) is 0 Å². The van der Waals surface area contributed by atoms with Crippen LogP contribution in [0.25, 0.3) is 0 Å². The number of halogens is 1. The van der Waals surface area contributed by atoms with Gasteiger partial charge in [0.15, 0.2) is 6.20 Å². The molecule has 1 aromatic heterocycles. The molecule has 1 saturated carbocycles. The second-order valence-electron chi connectivity index (χ2n) is 4.95. The van der Waals surface area contributed by atoms with Crippen LogP contribution in [0.3, 0.4) is 0 Å². The summed E-state index contributed by atoms with van der Waals surface area (Å²) in [5.74, 6) is -0.332. The molecule has 0 unspecified atom stereocenters. The van der Waals surface area contributed by atoms with Crippen molar-refractivity contribution >= 4 is 21.8 Å². The summed E-state index contributed by atoms with van der Waals surface area (Å²) in [6.07, 6.45) is 3.12. The molecule has 1 N–H and O–H groups in total. The molecule has 102 valence electrons. The first kappa shape index (κ1) is 13.1. The van der Waals surface area contributed by atoms with Crippen molar-refractivity contribution in [3.63, 3.8) is 0 Å². The zero-order chi connectivity index (χ0) is 14.2. The lowest BCUT2D eigenvalue weighted by Crippen LogP contribution is -2.43.